The van der Waals surface area contributed by atoms with E-state index in [0.717, 1.165) is 45.0 Å². The summed E-state index contributed by atoms with van der Waals surface area (Å²) in [5.41, 5.74) is 2.54. The van der Waals surface area contributed by atoms with Gasteiger partial charge < -0.3 is 20.1 Å². The summed E-state index contributed by atoms with van der Waals surface area (Å²) in [4.78, 5) is 10.8. The van der Waals surface area contributed by atoms with Crippen molar-refractivity contribution in [2.24, 2.45) is 4.99 Å². The second kappa shape index (κ2) is 12.5. The zero-order chi connectivity index (χ0) is 18.8. The molecule has 0 spiro atoms. The minimum absolute atomic E-state index is 0. The van der Waals surface area contributed by atoms with Crippen molar-refractivity contribution < 1.29 is 4.52 Å². The van der Waals surface area contributed by atoms with Crippen molar-refractivity contribution in [1.29, 1.82) is 0 Å². The summed E-state index contributed by atoms with van der Waals surface area (Å²) in [5.74, 6) is 2.18. The molecule has 8 heteroatoms. The van der Waals surface area contributed by atoms with Gasteiger partial charge in [-0.1, -0.05) is 17.3 Å². The van der Waals surface area contributed by atoms with Gasteiger partial charge in [-0.3, -0.25) is 4.99 Å². The number of hydrogen-bond acceptors (Lipinski definition) is 5. The molecule has 7 nitrogen and oxygen atoms in total. The van der Waals surface area contributed by atoms with E-state index < -0.39 is 0 Å². The van der Waals surface area contributed by atoms with Gasteiger partial charge in [-0.05, 0) is 44.9 Å². The molecule has 27 heavy (non-hydrogen) atoms. The molecule has 2 rings (SSSR count). The van der Waals surface area contributed by atoms with Crippen LogP contribution in [0.1, 0.15) is 30.6 Å². The highest BCUT2D eigenvalue weighted by Gasteiger charge is 2.06. The number of nitrogens with one attached hydrogen (secondary N) is 2. The van der Waals surface area contributed by atoms with Crippen LogP contribution in [0, 0.1) is 13.8 Å². The molecule has 2 N–H and O–H groups in total. The van der Waals surface area contributed by atoms with E-state index in [9.17, 15) is 0 Å². The maximum Gasteiger partial charge on any atom is 0.226 e. The lowest BCUT2D eigenvalue weighted by Crippen LogP contribution is -2.42. The van der Waals surface area contributed by atoms with E-state index in [1.165, 1.54) is 11.3 Å². The van der Waals surface area contributed by atoms with Gasteiger partial charge in [0.1, 0.15) is 0 Å². The van der Waals surface area contributed by atoms with E-state index in [-0.39, 0.29) is 24.0 Å². The first kappa shape index (κ1) is 23.2. The van der Waals surface area contributed by atoms with E-state index in [0.29, 0.717) is 11.7 Å². The van der Waals surface area contributed by atoms with Gasteiger partial charge in [0, 0.05) is 45.3 Å². The van der Waals surface area contributed by atoms with Gasteiger partial charge >= 0.3 is 0 Å². The number of benzene rings is 1. The molecule has 0 aliphatic heterocycles. The Morgan fingerprint density at radius 2 is 2.00 bits per heavy atom. The SMILES string of the molecule is CCN(CCNC(=NC)NCCCc1nc(C)no1)c1cccc(C)c1.I. The molecule has 0 fully saturated rings. The summed E-state index contributed by atoms with van der Waals surface area (Å²) in [7, 11) is 1.79. The predicted molar refractivity (Wildman–Crippen MR) is 121 cm³/mol. The smallest absolute Gasteiger partial charge is 0.226 e. The Kier molecular flexibility index (Phi) is 10.8. The third-order valence-corrected chi connectivity index (χ3v) is 4.08. The maximum atomic E-state index is 5.11. The summed E-state index contributed by atoms with van der Waals surface area (Å²) in [6.07, 6.45) is 1.68. The molecule has 0 aliphatic carbocycles. The quantitative estimate of drug-likeness (QED) is 0.246. The zero-order valence-corrected chi connectivity index (χ0v) is 19.0. The van der Waals surface area contributed by atoms with Crippen LogP contribution in [0.25, 0.3) is 0 Å². The highest BCUT2D eigenvalue weighted by molar-refractivity contribution is 14.0. The topological polar surface area (TPSA) is 78.6 Å². The first-order valence-corrected chi connectivity index (χ1v) is 9.17. The van der Waals surface area contributed by atoms with Gasteiger partial charge in [0.2, 0.25) is 5.89 Å². The highest BCUT2D eigenvalue weighted by atomic mass is 127. The van der Waals surface area contributed by atoms with Crippen LogP contribution < -0.4 is 15.5 Å². The first-order valence-electron chi connectivity index (χ1n) is 9.17. The van der Waals surface area contributed by atoms with E-state index in [4.69, 9.17) is 4.52 Å². The molecule has 1 heterocycles. The van der Waals surface area contributed by atoms with Crippen LogP contribution in [0.4, 0.5) is 5.69 Å². The van der Waals surface area contributed by atoms with Crippen LogP contribution in [-0.2, 0) is 6.42 Å². The fourth-order valence-electron chi connectivity index (χ4n) is 2.71. The Hall–Kier alpha value is -1.84. The van der Waals surface area contributed by atoms with E-state index in [1.54, 1.807) is 7.05 Å². The normalized spacial score (nSPS) is 11.0. The molecule has 0 amide bonds. The second-order valence-corrected chi connectivity index (χ2v) is 6.18. The van der Waals surface area contributed by atoms with Gasteiger partial charge in [-0.25, -0.2) is 0 Å². The van der Waals surface area contributed by atoms with Gasteiger partial charge in [0.15, 0.2) is 11.8 Å². The zero-order valence-electron chi connectivity index (χ0n) is 16.7. The summed E-state index contributed by atoms with van der Waals surface area (Å²) in [5, 5.41) is 10.5. The number of aromatic nitrogens is 2. The summed E-state index contributed by atoms with van der Waals surface area (Å²) < 4.78 is 5.11. The van der Waals surface area contributed by atoms with Crippen molar-refractivity contribution in [1.82, 2.24) is 20.8 Å². The predicted octanol–water partition coefficient (Wildman–Crippen LogP) is 2.93. The van der Waals surface area contributed by atoms with Gasteiger partial charge in [-0.2, -0.15) is 4.98 Å². The number of hydrogen-bond donors (Lipinski definition) is 2. The van der Waals surface area contributed by atoms with E-state index in [2.05, 4.69) is 68.8 Å². The van der Waals surface area contributed by atoms with Crippen LogP contribution in [0.15, 0.2) is 33.8 Å². The second-order valence-electron chi connectivity index (χ2n) is 6.18. The lowest BCUT2D eigenvalue weighted by molar-refractivity contribution is 0.372. The molecule has 0 saturated carbocycles. The molecule has 2 aromatic rings. The summed E-state index contributed by atoms with van der Waals surface area (Å²) in [6.45, 7) is 9.64. The molecular formula is C19H31IN6O. The van der Waals surface area contributed by atoms with Crippen LogP contribution in [0.5, 0.6) is 0 Å². The van der Waals surface area contributed by atoms with Crippen molar-refractivity contribution in [3.63, 3.8) is 0 Å². The molecule has 0 unspecified atom stereocenters. The van der Waals surface area contributed by atoms with Gasteiger partial charge in [-0.15, -0.1) is 24.0 Å². The Balaban J connectivity index is 0.00000364. The number of aliphatic imine (C=N–C) groups is 1. The third kappa shape index (κ3) is 8.15. The average Bonchev–Trinajstić information content (AvgIpc) is 3.05. The fraction of sp³-hybridized carbons (Fsp3) is 0.526. The minimum Gasteiger partial charge on any atom is -0.370 e. The Morgan fingerprint density at radius 3 is 2.63 bits per heavy atom. The number of nitrogens with zero attached hydrogens (tertiary/aromatic N) is 4. The molecule has 0 saturated heterocycles. The number of likely N-dealkylation sites (N-methyl/N-ethyl adjacent to an activating group) is 1. The standard InChI is InChI=1S/C19H30N6O.HI/c1-5-25(17-9-6-8-15(2)14-17)13-12-22-19(20-4)21-11-7-10-18-23-16(3)24-26-18;/h6,8-9,14H,5,7,10-13H2,1-4H3,(H2,20,21,22);1H. The van der Waals surface area contributed by atoms with Crippen LogP contribution >= 0.6 is 24.0 Å². The number of rotatable bonds is 9. The first-order chi connectivity index (χ1) is 12.6. The monoisotopic (exact) mass is 486 g/mol. The van der Waals surface area contributed by atoms with Crippen molar-refractivity contribution in [3.8, 4) is 0 Å². The van der Waals surface area contributed by atoms with Crippen LogP contribution in [0.2, 0.25) is 0 Å². The average molecular weight is 486 g/mol. The van der Waals surface area contributed by atoms with Crippen molar-refractivity contribution in [2.75, 3.05) is 38.1 Å². The molecular weight excluding hydrogens is 455 g/mol. The molecule has 0 atom stereocenters. The Morgan fingerprint density at radius 1 is 1.22 bits per heavy atom. The minimum atomic E-state index is 0. The maximum absolute atomic E-state index is 5.11. The number of aryl methyl sites for hydroxylation is 3. The van der Waals surface area contributed by atoms with Gasteiger partial charge in [0.25, 0.3) is 0 Å². The number of halogens is 1. The molecule has 1 aromatic heterocycles. The van der Waals surface area contributed by atoms with Crippen LogP contribution in [0.3, 0.4) is 0 Å². The van der Waals surface area contributed by atoms with Gasteiger partial charge in [0.05, 0.1) is 0 Å². The molecule has 1 aromatic carbocycles. The molecule has 0 aliphatic rings. The molecule has 0 radical (unpaired) electrons. The number of guanidine groups is 1. The fourth-order valence-corrected chi connectivity index (χ4v) is 2.71. The lowest BCUT2D eigenvalue weighted by Gasteiger charge is -2.24. The third-order valence-electron chi connectivity index (χ3n) is 4.08. The lowest BCUT2D eigenvalue weighted by atomic mass is 10.2. The highest BCUT2D eigenvalue weighted by Crippen LogP contribution is 2.14. The Labute approximate surface area is 179 Å². The summed E-state index contributed by atoms with van der Waals surface area (Å²) >= 11 is 0. The molecule has 150 valence electrons. The summed E-state index contributed by atoms with van der Waals surface area (Å²) in [6, 6.07) is 8.60. The van der Waals surface area contributed by atoms with Crippen molar-refractivity contribution in [3.05, 3.63) is 41.5 Å². The number of anilines is 1. The van der Waals surface area contributed by atoms with E-state index in [1.807, 2.05) is 6.92 Å². The molecule has 0 bridgehead atoms. The van der Waals surface area contributed by atoms with Crippen molar-refractivity contribution >= 4 is 35.6 Å². The van der Waals surface area contributed by atoms with E-state index >= 15 is 0 Å². The van der Waals surface area contributed by atoms with Crippen molar-refractivity contribution in [2.45, 2.75) is 33.6 Å². The Bertz CT molecular complexity index is 703. The largest absolute Gasteiger partial charge is 0.370 e. The van der Waals surface area contributed by atoms with Crippen LogP contribution in [-0.4, -0.2) is 49.3 Å².